The minimum atomic E-state index is -1.44. The highest BCUT2D eigenvalue weighted by Crippen LogP contribution is 2.20. The summed E-state index contributed by atoms with van der Waals surface area (Å²) in [6.45, 7) is 3.29. The molecule has 0 saturated heterocycles. The molecule has 0 bridgehead atoms. The van der Waals surface area contributed by atoms with Gasteiger partial charge in [-0.25, -0.2) is 4.79 Å². The van der Waals surface area contributed by atoms with Gasteiger partial charge in [0.05, 0.1) is 12.5 Å². The number of amides is 4. The molecule has 4 unspecified atom stereocenters. The molecular formula is C31H37N7O6. The third-order valence-corrected chi connectivity index (χ3v) is 7.45. The van der Waals surface area contributed by atoms with Crippen molar-refractivity contribution in [3.8, 4) is 0 Å². The third kappa shape index (κ3) is 7.61. The molecule has 2 heterocycles. The minimum Gasteiger partial charge on any atom is -0.480 e. The van der Waals surface area contributed by atoms with E-state index in [1.807, 2.05) is 48.5 Å². The molecule has 4 atom stereocenters. The molecule has 232 valence electrons. The molecule has 0 spiro atoms. The average Bonchev–Trinajstić information content (AvgIpc) is 3.58. The van der Waals surface area contributed by atoms with Gasteiger partial charge in [-0.15, -0.1) is 0 Å². The van der Waals surface area contributed by atoms with Crippen LogP contribution in [0.4, 0.5) is 0 Å². The van der Waals surface area contributed by atoms with Crippen LogP contribution in [-0.4, -0.2) is 68.8 Å². The molecule has 2 aromatic carbocycles. The summed E-state index contributed by atoms with van der Waals surface area (Å²) in [5.74, 6) is -4.83. The Balaban J connectivity index is 1.53. The molecule has 0 aliphatic heterocycles. The fourth-order valence-electron chi connectivity index (χ4n) is 5.09. The molecule has 0 fully saturated rings. The first kappa shape index (κ1) is 31.8. The lowest BCUT2D eigenvalue weighted by Crippen LogP contribution is -2.58. The number of carboxylic acid groups (broad SMARTS) is 1. The van der Waals surface area contributed by atoms with Gasteiger partial charge in [-0.1, -0.05) is 50.2 Å². The zero-order valence-electron chi connectivity index (χ0n) is 24.4. The Kier molecular flexibility index (Phi) is 10.0. The number of hydrogen-bond donors (Lipinski definition) is 8. The lowest BCUT2D eigenvalue weighted by molar-refractivity contribution is -0.143. The first-order valence-corrected chi connectivity index (χ1v) is 14.2. The van der Waals surface area contributed by atoms with E-state index in [1.165, 1.54) is 0 Å². The van der Waals surface area contributed by atoms with Crippen LogP contribution < -0.4 is 27.4 Å². The number of fused-ring (bicyclic) bond motifs is 2. The highest BCUT2D eigenvalue weighted by Gasteiger charge is 2.32. The van der Waals surface area contributed by atoms with Gasteiger partial charge in [0.15, 0.2) is 0 Å². The topological polar surface area (TPSA) is 225 Å². The van der Waals surface area contributed by atoms with Crippen molar-refractivity contribution in [3.05, 3.63) is 72.1 Å². The summed E-state index contributed by atoms with van der Waals surface area (Å²) in [4.78, 5) is 69.9. The highest BCUT2D eigenvalue weighted by molar-refractivity contribution is 5.97. The fraction of sp³-hybridized carbons (Fsp3) is 0.323. The summed E-state index contributed by atoms with van der Waals surface area (Å²) in [5.41, 5.74) is 14.8. The number of aromatic amines is 2. The molecule has 13 nitrogen and oxygen atoms in total. The van der Waals surface area contributed by atoms with Crippen LogP contribution in [0.3, 0.4) is 0 Å². The molecule has 4 amide bonds. The van der Waals surface area contributed by atoms with E-state index >= 15 is 0 Å². The number of rotatable bonds is 14. The monoisotopic (exact) mass is 603 g/mol. The smallest absolute Gasteiger partial charge is 0.326 e. The van der Waals surface area contributed by atoms with Crippen molar-refractivity contribution in [2.75, 3.05) is 0 Å². The molecular weight excluding hydrogens is 566 g/mol. The second-order valence-electron chi connectivity index (χ2n) is 11.1. The highest BCUT2D eigenvalue weighted by atomic mass is 16.4. The van der Waals surface area contributed by atoms with Crippen LogP contribution in [0.15, 0.2) is 60.9 Å². The first-order valence-electron chi connectivity index (χ1n) is 14.2. The molecule has 2 aromatic heterocycles. The number of hydrogen-bond acceptors (Lipinski definition) is 6. The van der Waals surface area contributed by atoms with Crippen molar-refractivity contribution < 1.29 is 29.1 Å². The zero-order chi connectivity index (χ0) is 32.0. The molecule has 4 rings (SSSR count). The molecule has 13 heteroatoms. The predicted molar refractivity (Wildman–Crippen MR) is 164 cm³/mol. The number of benzene rings is 2. The van der Waals surface area contributed by atoms with Gasteiger partial charge in [-0.3, -0.25) is 19.2 Å². The number of primary amides is 1. The van der Waals surface area contributed by atoms with Gasteiger partial charge < -0.3 is 42.5 Å². The maximum atomic E-state index is 13.5. The zero-order valence-corrected chi connectivity index (χ0v) is 24.4. The summed E-state index contributed by atoms with van der Waals surface area (Å²) < 4.78 is 0. The third-order valence-electron chi connectivity index (χ3n) is 7.45. The van der Waals surface area contributed by atoms with Crippen LogP contribution in [0, 0.1) is 5.92 Å². The fourth-order valence-corrected chi connectivity index (χ4v) is 5.09. The predicted octanol–water partition coefficient (Wildman–Crippen LogP) is 0.832. The SMILES string of the molecule is CC(C)C(NC(=O)C(Cc1c[nH]c2ccccc12)NC(=O)C(CC(N)=O)NC(=O)C(N)Cc1c[nH]c2ccccc12)C(=O)O. The summed E-state index contributed by atoms with van der Waals surface area (Å²) >= 11 is 0. The normalized spacial score (nSPS) is 14.1. The Bertz CT molecular complexity index is 1680. The second kappa shape index (κ2) is 13.9. The maximum Gasteiger partial charge on any atom is 0.326 e. The molecule has 0 aliphatic rings. The van der Waals surface area contributed by atoms with Gasteiger partial charge in [0.25, 0.3) is 0 Å². The Morgan fingerprint density at radius 1 is 0.750 bits per heavy atom. The average molecular weight is 604 g/mol. The van der Waals surface area contributed by atoms with Crippen LogP contribution in [-0.2, 0) is 36.8 Å². The van der Waals surface area contributed by atoms with Crippen LogP contribution in [0.1, 0.15) is 31.4 Å². The molecule has 10 N–H and O–H groups in total. The van der Waals surface area contributed by atoms with Gasteiger partial charge in [-0.2, -0.15) is 0 Å². The van der Waals surface area contributed by atoms with E-state index in [-0.39, 0.29) is 12.8 Å². The molecule has 0 aliphatic carbocycles. The summed E-state index contributed by atoms with van der Waals surface area (Å²) in [5, 5.41) is 18.9. The van der Waals surface area contributed by atoms with E-state index in [0.29, 0.717) is 5.56 Å². The number of aromatic nitrogens is 2. The number of carbonyl (C=O) groups is 5. The van der Waals surface area contributed by atoms with Crippen molar-refractivity contribution >= 4 is 51.4 Å². The van der Waals surface area contributed by atoms with Crippen molar-refractivity contribution in [2.45, 2.75) is 57.3 Å². The van der Waals surface area contributed by atoms with Gasteiger partial charge in [0, 0.05) is 40.6 Å². The second-order valence-corrected chi connectivity index (χ2v) is 11.1. The van der Waals surface area contributed by atoms with E-state index in [2.05, 4.69) is 25.9 Å². The molecule has 4 aromatic rings. The Morgan fingerprint density at radius 2 is 1.25 bits per heavy atom. The van der Waals surface area contributed by atoms with Crippen molar-refractivity contribution in [1.29, 1.82) is 0 Å². The lowest BCUT2D eigenvalue weighted by atomic mass is 10.0. The van der Waals surface area contributed by atoms with Crippen molar-refractivity contribution in [3.63, 3.8) is 0 Å². The van der Waals surface area contributed by atoms with Gasteiger partial charge >= 0.3 is 5.97 Å². The van der Waals surface area contributed by atoms with Crippen LogP contribution in [0.2, 0.25) is 0 Å². The van der Waals surface area contributed by atoms with Crippen LogP contribution in [0.5, 0.6) is 0 Å². The largest absolute Gasteiger partial charge is 0.480 e. The summed E-state index contributed by atoms with van der Waals surface area (Å²) in [7, 11) is 0. The first-order chi connectivity index (χ1) is 20.9. The Hall–Kier alpha value is -5.17. The summed E-state index contributed by atoms with van der Waals surface area (Å²) in [6, 6.07) is 9.91. The Labute approximate surface area is 253 Å². The van der Waals surface area contributed by atoms with Gasteiger partial charge in [-0.05, 0) is 35.6 Å². The van der Waals surface area contributed by atoms with E-state index in [9.17, 15) is 29.1 Å². The van der Waals surface area contributed by atoms with E-state index in [1.54, 1.807) is 26.2 Å². The lowest BCUT2D eigenvalue weighted by Gasteiger charge is -2.25. The number of H-pyrrole nitrogens is 2. The standard InChI is InChI=1S/C31H37N7O6/c1-16(2)27(31(43)44)38-30(42)24(12-18-15-35-23-10-6-4-8-20(18)23)37-29(41)25(13-26(33)39)36-28(40)21(32)11-17-14-34-22-9-5-3-7-19(17)22/h3-10,14-16,21,24-25,27,34-35H,11-13,32H2,1-2H3,(H2,33,39)(H,36,40)(H,37,41)(H,38,42)(H,43,44). The number of nitrogens with two attached hydrogens (primary N) is 2. The quantitative estimate of drug-likeness (QED) is 0.103. The van der Waals surface area contributed by atoms with Crippen molar-refractivity contribution in [1.82, 2.24) is 25.9 Å². The van der Waals surface area contributed by atoms with Crippen LogP contribution >= 0.6 is 0 Å². The number of para-hydroxylation sites is 2. The molecule has 0 radical (unpaired) electrons. The molecule has 0 saturated carbocycles. The van der Waals surface area contributed by atoms with E-state index < -0.39 is 66.1 Å². The number of nitrogens with one attached hydrogen (secondary N) is 5. The van der Waals surface area contributed by atoms with Crippen LogP contribution in [0.25, 0.3) is 21.8 Å². The van der Waals surface area contributed by atoms with E-state index in [4.69, 9.17) is 11.5 Å². The number of carbonyl (C=O) groups excluding carboxylic acids is 4. The maximum absolute atomic E-state index is 13.5. The minimum absolute atomic E-state index is 0.0106. The van der Waals surface area contributed by atoms with Gasteiger partial charge in [0.2, 0.25) is 23.6 Å². The Morgan fingerprint density at radius 3 is 1.77 bits per heavy atom. The van der Waals surface area contributed by atoms with Gasteiger partial charge in [0.1, 0.15) is 18.1 Å². The summed E-state index contributed by atoms with van der Waals surface area (Å²) in [6.07, 6.45) is 3.03. The van der Waals surface area contributed by atoms with Crippen molar-refractivity contribution in [2.24, 2.45) is 17.4 Å². The number of carboxylic acids is 1. The number of aliphatic carboxylic acids is 1. The van der Waals surface area contributed by atoms with E-state index in [0.717, 1.165) is 27.4 Å². The molecule has 44 heavy (non-hydrogen) atoms.